The third kappa shape index (κ3) is 2.19. The molecule has 17 heavy (non-hydrogen) atoms. The highest BCUT2D eigenvalue weighted by Gasteiger charge is 2.35. The maximum Gasteiger partial charge on any atom is 0.331 e. The van der Waals surface area contributed by atoms with Gasteiger partial charge in [-0.3, -0.25) is 19.8 Å². The van der Waals surface area contributed by atoms with Crippen molar-refractivity contribution in [2.24, 2.45) is 0 Å². The van der Waals surface area contributed by atoms with Crippen molar-refractivity contribution in [3.63, 3.8) is 0 Å². The van der Waals surface area contributed by atoms with Crippen LogP contribution in [0.5, 0.6) is 0 Å². The third-order valence-corrected chi connectivity index (χ3v) is 3.56. The lowest BCUT2D eigenvalue weighted by molar-refractivity contribution is -0.137. The van der Waals surface area contributed by atoms with E-state index in [1.165, 1.54) is 11.3 Å². The Hall–Kier alpha value is -1.76. The monoisotopic (exact) mass is 253 g/mol. The maximum absolute atomic E-state index is 11.7. The molecule has 1 aliphatic rings. The van der Waals surface area contributed by atoms with Crippen LogP contribution >= 0.6 is 11.3 Å². The second kappa shape index (κ2) is 4.25. The zero-order valence-corrected chi connectivity index (χ0v) is 10.2. The Morgan fingerprint density at radius 2 is 2.18 bits per heavy atom. The number of nitrogens with zero attached hydrogens (tertiary/aromatic N) is 2. The zero-order chi connectivity index (χ0) is 12.6. The lowest BCUT2D eigenvalue weighted by atomic mass is 10.2. The van der Waals surface area contributed by atoms with Crippen molar-refractivity contribution in [1.29, 1.82) is 0 Å². The average Bonchev–Trinajstić information content (AvgIpc) is 2.63. The van der Waals surface area contributed by atoms with Crippen molar-refractivity contribution in [3.05, 3.63) is 16.1 Å². The summed E-state index contributed by atoms with van der Waals surface area (Å²) >= 11 is 1.39. The third-order valence-electron chi connectivity index (χ3n) is 2.43. The Morgan fingerprint density at radius 1 is 1.47 bits per heavy atom. The minimum absolute atomic E-state index is 0.291. The molecule has 1 N–H and O–H groups in total. The fourth-order valence-electron chi connectivity index (χ4n) is 1.63. The molecule has 1 atom stereocenters. The molecule has 2 rings (SSSR count). The van der Waals surface area contributed by atoms with Gasteiger partial charge in [-0.15, -0.1) is 11.3 Å². The molecule has 6 nitrogen and oxygen atoms in total. The highest BCUT2D eigenvalue weighted by Crippen LogP contribution is 2.25. The van der Waals surface area contributed by atoms with Gasteiger partial charge in [0.2, 0.25) is 11.8 Å². The molecule has 1 unspecified atom stereocenters. The van der Waals surface area contributed by atoms with Crippen molar-refractivity contribution < 1.29 is 14.4 Å². The molecular formula is C10H11N3O3S. The summed E-state index contributed by atoms with van der Waals surface area (Å²) in [4.78, 5) is 39.5. The van der Waals surface area contributed by atoms with Gasteiger partial charge in [-0.2, -0.15) is 0 Å². The summed E-state index contributed by atoms with van der Waals surface area (Å²) in [6.45, 7) is 3.56. The van der Waals surface area contributed by atoms with Gasteiger partial charge in [0, 0.05) is 11.1 Å². The van der Waals surface area contributed by atoms with Gasteiger partial charge in [0.1, 0.15) is 11.4 Å². The summed E-state index contributed by atoms with van der Waals surface area (Å²) in [7, 11) is 0. The van der Waals surface area contributed by atoms with Crippen LogP contribution in [0.3, 0.4) is 0 Å². The van der Waals surface area contributed by atoms with Crippen LogP contribution in [0.2, 0.25) is 0 Å². The minimum Gasteiger partial charge on any atom is -0.277 e. The van der Waals surface area contributed by atoms with Crippen LogP contribution < -0.4 is 5.32 Å². The van der Waals surface area contributed by atoms with Crippen molar-refractivity contribution in [1.82, 2.24) is 15.2 Å². The summed E-state index contributed by atoms with van der Waals surface area (Å²) < 4.78 is 0. The molecule has 0 radical (unpaired) electrons. The lowest BCUT2D eigenvalue weighted by Gasteiger charge is -2.28. The Kier molecular flexibility index (Phi) is 2.93. The van der Waals surface area contributed by atoms with Crippen molar-refractivity contribution in [3.8, 4) is 0 Å². The number of imide groups is 2. The lowest BCUT2D eigenvalue weighted by Crippen LogP contribution is -2.53. The number of aryl methyl sites for hydroxylation is 1. The molecule has 90 valence electrons. The summed E-state index contributed by atoms with van der Waals surface area (Å²) in [5, 5.41) is 4.65. The van der Waals surface area contributed by atoms with Crippen LogP contribution in [0, 0.1) is 6.92 Å². The Labute approximate surface area is 102 Å². The molecule has 0 bridgehead atoms. The van der Waals surface area contributed by atoms with Crippen LogP contribution in [0.25, 0.3) is 0 Å². The molecule has 2 heterocycles. The first-order chi connectivity index (χ1) is 7.99. The molecule has 1 saturated heterocycles. The maximum atomic E-state index is 11.7. The molecule has 0 saturated carbocycles. The number of rotatable bonds is 2. The molecule has 1 aliphatic heterocycles. The number of aromatic nitrogens is 1. The predicted molar refractivity (Wildman–Crippen MR) is 60.3 cm³/mol. The summed E-state index contributed by atoms with van der Waals surface area (Å²) in [6, 6.07) is -1.12. The number of hydrogen-bond acceptors (Lipinski definition) is 5. The number of amides is 4. The second-order valence-electron chi connectivity index (χ2n) is 3.80. The number of barbiturate groups is 1. The van der Waals surface area contributed by atoms with Gasteiger partial charge in [0.25, 0.3) is 0 Å². The Morgan fingerprint density at radius 3 is 2.71 bits per heavy atom. The molecule has 1 aromatic rings. The van der Waals surface area contributed by atoms with E-state index in [9.17, 15) is 14.4 Å². The molecule has 1 aromatic heterocycles. The highest BCUT2D eigenvalue weighted by molar-refractivity contribution is 7.09. The molecule has 0 spiro atoms. The fraction of sp³-hybridized carbons (Fsp3) is 0.400. The van der Waals surface area contributed by atoms with E-state index in [2.05, 4.69) is 10.3 Å². The molecule has 4 amide bonds. The van der Waals surface area contributed by atoms with Gasteiger partial charge < -0.3 is 0 Å². The topological polar surface area (TPSA) is 79.4 Å². The predicted octanol–water partition coefficient (Wildman–Crippen LogP) is 0.981. The van der Waals surface area contributed by atoms with E-state index in [0.29, 0.717) is 5.01 Å². The van der Waals surface area contributed by atoms with Crippen LogP contribution in [0.15, 0.2) is 5.38 Å². The number of hydrogen-bond donors (Lipinski definition) is 1. The first-order valence-electron chi connectivity index (χ1n) is 5.07. The number of nitrogens with one attached hydrogen (secondary N) is 1. The van der Waals surface area contributed by atoms with Gasteiger partial charge in [0.05, 0.1) is 6.04 Å². The van der Waals surface area contributed by atoms with E-state index in [-0.39, 0.29) is 6.42 Å². The van der Waals surface area contributed by atoms with E-state index in [4.69, 9.17) is 0 Å². The van der Waals surface area contributed by atoms with Crippen molar-refractivity contribution in [2.75, 3.05) is 0 Å². The normalized spacial score (nSPS) is 18.2. The molecule has 0 aromatic carbocycles. The van der Waals surface area contributed by atoms with Crippen LogP contribution in [-0.2, 0) is 9.59 Å². The summed E-state index contributed by atoms with van der Waals surface area (Å²) in [5.41, 5.74) is 0.845. The largest absolute Gasteiger partial charge is 0.331 e. The van der Waals surface area contributed by atoms with Crippen molar-refractivity contribution in [2.45, 2.75) is 26.3 Å². The molecule has 0 aliphatic carbocycles. The van der Waals surface area contributed by atoms with Gasteiger partial charge in [0.15, 0.2) is 0 Å². The second-order valence-corrected chi connectivity index (χ2v) is 4.69. The SMILES string of the molecule is Cc1csc(C(C)N2C(=O)CC(=O)NC2=O)n1. The average molecular weight is 253 g/mol. The highest BCUT2D eigenvalue weighted by atomic mass is 32.1. The fourth-order valence-corrected chi connectivity index (χ4v) is 2.47. The van der Waals surface area contributed by atoms with Gasteiger partial charge in [-0.1, -0.05) is 0 Å². The first kappa shape index (κ1) is 11.7. The van der Waals surface area contributed by atoms with E-state index < -0.39 is 23.9 Å². The first-order valence-corrected chi connectivity index (χ1v) is 5.95. The zero-order valence-electron chi connectivity index (χ0n) is 9.39. The van der Waals surface area contributed by atoms with Crippen LogP contribution in [0.4, 0.5) is 4.79 Å². The molecule has 1 fully saturated rings. The van der Waals surface area contributed by atoms with Gasteiger partial charge in [-0.25, -0.2) is 9.78 Å². The summed E-state index contributed by atoms with van der Waals surface area (Å²) in [5.74, 6) is -1.04. The van der Waals surface area contributed by atoms with E-state index >= 15 is 0 Å². The van der Waals surface area contributed by atoms with E-state index in [0.717, 1.165) is 10.6 Å². The molecular weight excluding hydrogens is 242 g/mol. The number of urea groups is 1. The van der Waals surface area contributed by atoms with E-state index in [1.807, 2.05) is 12.3 Å². The smallest absolute Gasteiger partial charge is 0.277 e. The van der Waals surface area contributed by atoms with Gasteiger partial charge in [-0.05, 0) is 13.8 Å². The van der Waals surface area contributed by atoms with Crippen LogP contribution in [-0.4, -0.2) is 27.7 Å². The molecule has 7 heteroatoms. The standard InChI is InChI=1S/C10H11N3O3S/c1-5-4-17-9(11-5)6(2)13-8(15)3-7(14)12-10(13)16/h4,6H,3H2,1-2H3,(H,12,14,16). The number of thiazole rings is 1. The summed E-state index contributed by atoms with van der Waals surface area (Å²) in [6.07, 6.45) is -0.291. The van der Waals surface area contributed by atoms with Crippen molar-refractivity contribution >= 4 is 29.2 Å². The number of carbonyl (C=O) groups is 3. The number of carbonyl (C=O) groups excluding carboxylic acids is 3. The minimum atomic E-state index is -0.674. The van der Waals surface area contributed by atoms with Crippen LogP contribution in [0.1, 0.15) is 30.1 Å². The Bertz CT molecular complexity index is 477. The quantitative estimate of drug-likeness (QED) is 0.797. The van der Waals surface area contributed by atoms with Gasteiger partial charge >= 0.3 is 6.03 Å². The Balaban J connectivity index is 2.24. The van der Waals surface area contributed by atoms with E-state index in [1.54, 1.807) is 6.92 Å².